The van der Waals surface area contributed by atoms with Gasteiger partial charge in [-0.05, 0) is 48.9 Å². The Hall–Kier alpha value is -1.06. The van der Waals surface area contributed by atoms with Gasteiger partial charge in [-0.1, -0.05) is 32.9 Å². The molecule has 1 saturated heterocycles. The first-order valence-electron chi connectivity index (χ1n) is 8.10. The Balaban J connectivity index is 2.24. The van der Waals surface area contributed by atoms with Crippen molar-refractivity contribution >= 4 is 0 Å². The summed E-state index contributed by atoms with van der Waals surface area (Å²) in [5, 5.41) is 0. The lowest BCUT2D eigenvalue weighted by molar-refractivity contribution is 0.0657. The smallest absolute Gasteiger partial charge is 0.118 e. The van der Waals surface area contributed by atoms with Crippen LogP contribution in [0.3, 0.4) is 0 Å². The molecule has 2 N–H and O–H groups in total. The first kappa shape index (κ1) is 16.3. The molecule has 0 aromatic heterocycles. The molecule has 0 radical (unpaired) electrons. The van der Waals surface area contributed by atoms with Crippen molar-refractivity contribution in [2.45, 2.75) is 52.1 Å². The maximum Gasteiger partial charge on any atom is 0.118 e. The summed E-state index contributed by atoms with van der Waals surface area (Å²) in [6, 6.07) is 8.90. The third-order valence-corrected chi connectivity index (χ3v) is 4.66. The summed E-state index contributed by atoms with van der Waals surface area (Å²) in [6.07, 6.45) is 3.56. The van der Waals surface area contributed by atoms with Crippen LogP contribution in [0.5, 0.6) is 5.75 Å². The van der Waals surface area contributed by atoms with E-state index in [9.17, 15) is 0 Å². The number of ether oxygens (including phenoxy) is 1. The van der Waals surface area contributed by atoms with E-state index in [1.54, 1.807) is 7.11 Å². The van der Waals surface area contributed by atoms with E-state index in [1.807, 2.05) is 12.1 Å². The van der Waals surface area contributed by atoms with Crippen molar-refractivity contribution in [3.05, 3.63) is 29.8 Å². The second-order valence-electron chi connectivity index (χ2n) is 7.03. The Morgan fingerprint density at radius 2 is 1.95 bits per heavy atom. The summed E-state index contributed by atoms with van der Waals surface area (Å²) in [7, 11) is 1.71. The minimum atomic E-state index is 0.173. The molecule has 1 aliphatic heterocycles. The van der Waals surface area contributed by atoms with E-state index >= 15 is 0 Å². The fraction of sp³-hybridized carbons (Fsp3) is 0.667. The van der Waals surface area contributed by atoms with E-state index in [4.69, 9.17) is 10.5 Å². The molecule has 0 saturated carbocycles. The van der Waals surface area contributed by atoms with Crippen molar-refractivity contribution in [3.8, 4) is 5.75 Å². The van der Waals surface area contributed by atoms with Gasteiger partial charge in [-0.15, -0.1) is 0 Å². The first-order chi connectivity index (χ1) is 9.96. The Morgan fingerprint density at radius 3 is 2.48 bits per heavy atom. The van der Waals surface area contributed by atoms with Crippen LogP contribution < -0.4 is 10.5 Å². The van der Waals surface area contributed by atoms with Gasteiger partial charge in [0.05, 0.1) is 7.11 Å². The van der Waals surface area contributed by atoms with Gasteiger partial charge in [0.15, 0.2) is 0 Å². The van der Waals surface area contributed by atoms with Crippen LogP contribution in [0.15, 0.2) is 24.3 Å². The monoisotopic (exact) mass is 290 g/mol. The zero-order chi connectivity index (χ0) is 15.5. The highest BCUT2D eigenvalue weighted by Crippen LogP contribution is 2.35. The fourth-order valence-corrected chi connectivity index (χ4v) is 3.46. The predicted octanol–water partition coefficient (Wildman–Crippen LogP) is 3.60. The van der Waals surface area contributed by atoms with Gasteiger partial charge in [0.1, 0.15) is 5.75 Å². The van der Waals surface area contributed by atoms with Crippen molar-refractivity contribution in [3.63, 3.8) is 0 Å². The fourth-order valence-electron chi connectivity index (χ4n) is 3.46. The molecule has 1 aromatic carbocycles. The van der Waals surface area contributed by atoms with Crippen LogP contribution in [-0.4, -0.2) is 31.1 Å². The van der Waals surface area contributed by atoms with Crippen molar-refractivity contribution in [1.82, 2.24) is 4.90 Å². The van der Waals surface area contributed by atoms with Crippen LogP contribution in [0.4, 0.5) is 0 Å². The summed E-state index contributed by atoms with van der Waals surface area (Å²) in [4.78, 5) is 2.58. The number of nitrogens with zero attached hydrogens (tertiary/aromatic N) is 1. The number of nitrogens with two attached hydrogens (primary N) is 1. The summed E-state index contributed by atoms with van der Waals surface area (Å²) in [5.41, 5.74) is 8.16. The van der Waals surface area contributed by atoms with Gasteiger partial charge in [0, 0.05) is 18.6 Å². The topological polar surface area (TPSA) is 38.5 Å². The largest absolute Gasteiger partial charge is 0.497 e. The molecule has 21 heavy (non-hydrogen) atoms. The zero-order valence-electron chi connectivity index (χ0n) is 13.9. The molecule has 3 heteroatoms. The van der Waals surface area contributed by atoms with Crippen LogP contribution in [0.25, 0.3) is 0 Å². The van der Waals surface area contributed by atoms with Crippen molar-refractivity contribution in [1.29, 1.82) is 0 Å². The van der Waals surface area contributed by atoms with Gasteiger partial charge < -0.3 is 10.5 Å². The highest BCUT2D eigenvalue weighted by Gasteiger charge is 2.33. The summed E-state index contributed by atoms with van der Waals surface area (Å²) in [5.74, 6) is 0.904. The number of hydrogen-bond donors (Lipinski definition) is 1. The molecule has 1 aliphatic rings. The lowest BCUT2D eigenvalue weighted by atomic mass is 9.82. The number of hydrogen-bond acceptors (Lipinski definition) is 3. The normalized spacial score (nSPS) is 21.8. The van der Waals surface area contributed by atoms with Crippen LogP contribution in [0.2, 0.25) is 0 Å². The predicted molar refractivity (Wildman–Crippen MR) is 88.6 cm³/mol. The molecule has 2 rings (SSSR count). The third kappa shape index (κ3) is 3.98. The number of piperidine rings is 1. The molecule has 2 atom stereocenters. The quantitative estimate of drug-likeness (QED) is 0.900. The average Bonchev–Trinajstić information content (AvgIpc) is 2.47. The maximum atomic E-state index is 6.47. The summed E-state index contributed by atoms with van der Waals surface area (Å²) < 4.78 is 5.27. The molecule has 1 fully saturated rings. The SMILES string of the molecule is CCC(N)C(c1ccc(OC)cc1)N1CCCC(C)(C)C1. The van der Waals surface area contributed by atoms with Crippen molar-refractivity contribution in [2.75, 3.05) is 20.2 Å². The Morgan fingerprint density at radius 1 is 1.29 bits per heavy atom. The molecule has 0 spiro atoms. The zero-order valence-corrected chi connectivity index (χ0v) is 13.9. The van der Waals surface area contributed by atoms with Crippen LogP contribution >= 0.6 is 0 Å². The van der Waals surface area contributed by atoms with Gasteiger partial charge in [0.2, 0.25) is 0 Å². The van der Waals surface area contributed by atoms with Gasteiger partial charge in [-0.25, -0.2) is 0 Å². The van der Waals surface area contributed by atoms with Crippen LogP contribution in [0.1, 0.15) is 51.6 Å². The highest BCUT2D eigenvalue weighted by atomic mass is 16.5. The van der Waals surface area contributed by atoms with Crippen molar-refractivity contribution in [2.24, 2.45) is 11.1 Å². The number of methoxy groups -OCH3 is 1. The number of rotatable bonds is 5. The third-order valence-electron chi connectivity index (χ3n) is 4.66. The molecule has 118 valence electrons. The first-order valence-corrected chi connectivity index (χ1v) is 8.10. The second kappa shape index (κ2) is 6.80. The standard InChI is InChI=1S/C18H30N2O/c1-5-16(19)17(14-7-9-15(21-4)10-8-14)20-12-6-11-18(2,3)13-20/h7-10,16-17H,5-6,11-13,19H2,1-4H3. The van der Waals surface area contributed by atoms with E-state index in [0.29, 0.717) is 11.5 Å². The van der Waals surface area contributed by atoms with E-state index in [-0.39, 0.29) is 6.04 Å². The molecule has 3 nitrogen and oxygen atoms in total. The van der Waals surface area contributed by atoms with Gasteiger partial charge >= 0.3 is 0 Å². The molecule has 0 amide bonds. The van der Waals surface area contributed by atoms with E-state index in [1.165, 1.54) is 18.4 Å². The van der Waals surface area contributed by atoms with E-state index in [2.05, 4.69) is 37.8 Å². The minimum Gasteiger partial charge on any atom is -0.497 e. The van der Waals surface area contributed by atoms with Crippen molar-refractivity contribution < 1.29 is 4.74 Å². The van der Waals surface area contributed by atoms with Gasteiger partial charge in [0.25, 0.3) is 0 Å². The minimum absolute atomic E-state index is 0.173. The average molecular weight is 290 g/mol. The maximum absolute atomic E-state index is 6.47. The molecule has 1 heterocycles. The molecule has 2 unspecified atom stereocenters. The van der Waals surface area contributed by atoms with E-state index < -0.39 is 0 Å². The lowest BCUT2D eigenvalue weighted by Crippen LogP contribution is -2.47. The summed E-state index contributed by atoms with van der Waals surface area (Å²) in [6.45, 7) is 9.17. The van der Waals surface area contributed by atoms with E-state index in [0.717, 1.165) is 25.3 Å². The number of likely N-dealkylation sites (tertiary alicyclic amines) is 1. The summed E-state index contributed by atoms with van der Waals surface area (Å²) >= 11 is 0. The second-order valence-corrected chi connectivity index (χ2v) is 7.03. The molecular weight excluding hydrogens is 260 g/mol. The van der Waals surface area contributed by atoms with Gasteiger partial charge in [-0.2, -0.15) is 0 Å². The van der Waals surface area contributed by atoms with Crippen LogP contribution in [0, 0.1) is 5.41 Å². The van der Waals surface area contributed by atoms with Crippen LogP contribution in [-0.2, 0) is 0 Å². The Kier molecular flexibility index (Phi) is 5.28. The molecule has 0 aliphatic carbocycles. The molecule has 0 bridgehead atoms. The Bertz CT molecular complexity index is 441. The Labute approximate surface area is 129 Å². The lowest BCUT2D eigenvalue weighted by Gasteiger charge is -2.44. The molecular formula is C18H30N2O. The number of benzene rings is 1. The molecule has 1 aromatic rings. The van der Waals surface area contributed by atoms with Gasteiger partial charge in [-0.3, -0.25) is 4.90 Å². The highest BCUT2D eigenvalue weighted by molar-refractivity contribution is 5.30.